The zero-order chi connectivity index (χ0) is 12.8. The second-order valence-corrected chi connectivity index (χ2v) is 4.96. The van der Waals surface area contributed by atoms with E-state index < -0.39 is 11.6 Å². The van der Waals surface area contributed by atoms with Gasteiger partial charge in [0.2, 0.25) is 0 Å². The first kappa shape index (κ1) is 14.1. The lowest BCUT2D eigenvalue weighted by atomic mass is 9.90. The minimum atomic E-state index is -0.435. The predicted octanol–water partition coefficient (Wildman–Crippen LogP) is 3.39. The van der Waals surface area contributed by atoms with E-state index in [0.717, 1.165) is 13.0 Å². The van der Waals surface area contributed by atoms with Crippen molar-refractivity contribution in [3.05, 3.63) is 35.4 Å². The van der Waals surface area contributed by atoms with E-state index in [9.17, 15) is 8.78 Å². The van der Waals surface area contributed by atoms with Gasteiger partial charge in [-0.15, -0.1) is 0 Å². The van der Waals surface area contributed by atoms with Crippen LogP contribution in [0.15, 0.2) is 18.2 Å². The van der Waals surface area contributed by atoms with Gasteiger partial charge in [-0.05, 0) is 50.4 Å². The van der Waals surface area contributed by atoms with Crippen molar-refractivity contribution in [3.8, 4) is 0 Å². The van der Waals surface area contributed by atoms with Gasteiger partial charge in [-0.1, -0.05) is 19.9 Å². The second kappa shape index (κ2) is 6.70. The third kappa shape index (κ3) is 4.43. The topological polar surface area (TPSA) is 12.0 Å². The van der Waals surface area contributed by atoms with Gasteiger partial charge in [-0.3, -0.25) is 0 Å². The van der Waals surface area contributed by atoms with Gasteiger partial charge in [0.25, 0.3) is 0 Å². The van der Waals surface area contributed by atoms with Crippen LogP contribution in [0, 0.1) is 23.5 Å². The molecule has 0 bridgehead atoms. The Morgan fingerprint density at radius 1 is 1.18 bits per heavy atom. The zero-order valence-corrected chi connectivity index (χ0v) is 10.8. The van der Waals surface area contributed by atoms with E-state index in [4.69, 9.17) is 0 Å². The van der Waals surface area contributed by atoms with Gasteiger partial charge in [0, 0.05) is 5.56 Å². The van der Waals surface area contributed by atoms with Crippen molar-refractivity contribution in [1.29, 1.82) is 0 Å². The van der Waals surface area contributed by atoms with Crippen molar-refractivity contribution in [2.45, 2.75) is 26.7 Å². The lowest BCUT2D eigenvalue weighted by molar-refractivity contribution is 0.384. The van der Waals surface area contributed by atoms with Crippen molar-refractivity contribution in [2.24, 2.45) is 11.8 Å². The highest BCUT2D eigenvalue weighted by molar-refractivity contribution is 5.20. The summed E-state index contributed by atoms with van der Waals surface area (Å²) in [4.78, 5) is 0. The first-order chi connectivity index (χ1) is 8.04. The SMILES string of the molecule is CNCC(Cc1c(F)cccc1F)CC(C)C. The molecule has 1 aromatic carbocycles. The van der Waals surface area contributed by atoms with E-state index in [1.165, 1.54) is 18.2 Å². The summed E-state index contributed by atoms with van der Waals surface area (Å²) in [6.07, 6.45) is 1.42. The Bertz CT molecular complexity index is 330. The molecule has 0 radical (unpaired) electrons. The molecule has 3 heteroatoms. The molecule has 1 aromatic rings. The number of hydrogen-bond acceptors (Lipinski definition) is 1. The lowest BCUT2D eigenvalue weighted by Gasteiger charge is -2.19. The molecule has 96 valence electrons. The summed E-state index contributed by atoms with van der Waals surface area (Å²) in [7, 11) is 1.87. The molecule has 0 aliphatic carbocycles. The summed E-state index contributed by atoms with van der Waals surface area (Å²) >= 11 is 0. The van der Waals surface area contributed by atoms with E-state index in [1.54, 1.807) is 0 Å². The molecule has 1 N–H and O–H groups in total. The Morgan fingerprint density at radius 2 is 1.76 bits per heavy atom. The number of rotatable bonds is 6. The van der Waals surface area contributed by atoms with Crippen molar-refractivity contribution in [2.75, 3.05) is 13.6 Å². The minimum Gasteiger partial charge on any atom is -0.319 e. The van der Waals surface area contributed by atoms with Gasteiger partial charge in [0.1, 0.15) is 11.6 Å². The molecule has 1 rings (SSSR count). The van der Waals surface area contributed by atoms with Crippen LogP contribution in [-0.2, 0) is 6.42 Å². The van der Waals surface area contributed by atoms with E-state index in [2.05, 4.69) is 19.2 Å². The summed E-state index contributed by atoms with van der Waals surface area (Å²) in [5, 5.41) is 3.09. The second-order valence-electron chi connectivity index (χ2n) is 4.96. The fraction of sp³-hybridized carbons (Fsp3) is 0.571. The molecule has 0 aromatic heterocycles. The van der Waals surface area contributed by atoms with Gasteiger partial charge < -0.3 is 5.32 Å². The highest BCUT2D eigenvalue weighted by Crippen LogP contribution is 2.21. The van der Waals surface area contributed by atoms with Gasteiger partial charge in [0.15, 0.2) is 0 Å². The van der Waals surface area contributed by atoms with Crippen LogP contribution in [-0.4, -0.2) is 13.6 Å². The quantitative estimate of drug-likeness (QED) is 0.805. The van der Waals surface area contributed by atoms with E-state index >= 15 is 0 Å². The Morgan fingerprint density at radius 3 is 2.24 bits per heavy atom. The lowest BCUT2D eigenvalue weighted by Crippen LogP contribution is -2.23. The van der Waals surface area contributed by atoms with E-state index in [0.29, 0.717) is 12.3 Å². The van der Waals surface area contributed by atoms with Crippen LogP contribution >= 0.6 is 0 Å². The standard InChI is InChI=1S/C14H21F2N/c1-10(2)7-11(9-17-3)8-12-13(15)5-4-6-14(12)16/h4-6,10-11,17H,7-9H2,1-3H3. The van der Waals surface area contributed by atoms with Crippen molar-refractivity contribution < 1.29 is 8.78 Å². The summed E-state index contributed by atoms with van der Waals surface area (Å²) in [5.41, 5.74) is 0.216. The summed E-state index contributed by atoms with van der Waals surface area (Å²) < 4.78 is 27.1. The Kier molecular flexibility index (Phi) is 5.56. The smallest absolute Gasteiger partial charge is 0.129 e. The Labute approximate surface area is 102 Å². The largest absolute Gasteiger partial charge is 0.319 e. The fourth-order valence-electron chi connectivity index (χ4n) is 2.21. The highest BCUT2D eigenvalue weighted by Gasteiger charge is 2.16. The Balaban J connectivity index is 2.78. The van der Waals surface area contributed by atoms with Crippen LogP contribution in [0.25, 0.3) is 0 Å². The molecule has 1 atom stereocenters. The highest BCUT2D eigenvalue weighted by atomic mass is 19.1. The van der Waals surface area contributed by atoms with Crippen LogP contribution in [0.1, 0.15) is 25.8 Å². The third-order valence-corrected chi connectivity index (χ3v) is 2.85. The maximum atomic E-state index is 13.5. The minimum absolute atomic E-state index is 0.216. The van der Waals surface area contributed by atoms with Crippen LogP contribution in [0.3, 0.4) is 0 Å². The first-order valence-electron chi connectivity index (χ1n) is 6.12. The van der Waals surface area contributed by atoms with Crippen LogP contribution < -0.4 is 5.32 Å². The van der Waals surface area contributed by atoms with Gasteiger partial charge >= 0.3 is 0 Å². The molecule has 0 heterocycles. The first-order valence-corrected chi connectivity index (χ1v) is 6.12. The Hall–Kier alpha value is -0.960. The van der Waals surface area contributed by atoms with Gasteiger partial charge in [-0.25, -0.2) is 8.78 Å². The third-order valence-electron chi connectivity index (χ3n) is 2.85. The molecular formula is C14H21F2N. The molecule has 0 saturated heterocycles. The van der Waals surface area contributed by atoms with Gasteiger partial charge in [0.05, 0.1) is 0 Å². The van der Waals surface area contributed by atoms with Crippen LogP contribution in [0.4, 0.5) is 8.78 Å². The summed E-state index contributed by atoms with van der Waals surface area (Å²) in [6.45, 7) is 5.03. The summed E-state index contributed by atoms with van der Waals surface area (Å²) in [6, 6.07) is 4.05. The monoisotopic (exact) mass is 241 g/mol. The zero-order valence-electron chi connectivity index (χ0n) is 10.8. The van der Waals surface area contributed by atoms with Gasteiger partial charge in [-0.2, -0.15) is 0 Å². The molecule has 1 nitrogen and oxygen atoms in total. The molecule has 0 spiro atoms. The number of hydrogen-bond donors (Lipinski definition) is 1. The molecule has 0 aliphatic heterocycles. The average Bonchev–Trinajstić information content (AvgIpc) is 2.23. The fourth-order valence-corrected chi connectivity index (χ4v) is 2.21. The predicted molar refractivity (Wildman–Crippen MR) is 66.9 cm³/mol. The van der Waals surface area contributed by atoms with Crippen molar-refractivity contribution in [1.82, 2.24) is 5.32 Å². The number of nitrogens with one attached hydrogen (secondary N) is 1. The normalized spacial score (nSPS) is 13.1. The molecular weight excluding hydrogens is 220 g/mol. The van der Waals surface area contributed by atoms with E-state index in [1.807, 2.05) is 7.05 Å². The van der Waals surface area contributed by atoms with Crippen molar-refractivity contribution >= 4 is 0 Å². The van der Waals surface area contributed by atoms with Crippen molar-refractivity contribution in [3.63, 3.8) is 0 Å². The van der Waals surface area contributed by atoms with E-state index in [-0.39, 0.29) is 11.5 Å². The maximum absolute atomic E-state index is 13.5. The van der Waals surface area contributed by atoms with Crippen LogP contribution in [0.5, 0.6) is 0 Å². The maximum Gasteiger partial charge on any atom is 0.129 e. The molecule has 0 amide bonds. The molecule has 17 heavy (non-hydrogen) atoms. The molecule has 1 unspecified atom stereocenters. The number of halogens is 2. The van der Waals surface area contributed by atoms with Crippen LogP contribution in [0.2, 0.25) is 0 Å². The number of benzene rings is 1. The molecule has 0 fully saturated rings. The molecule has 0 saturated carbocycles. The molecule has 0 aliphatic rings. The summed E-state index contributed by atoms with van der Waals surface area (Å²) in [5.74, 6) is -0.0701. The average molecular weight is 241 g/mol.